The van der Waals surface area contributed by atoms with Crippen LogP contribution in [-0.2, 0) is 6.54 Å². The van der Waals surface area contributed by atoms with Gasteiger partial charge in [-0.05, 0) is 41.4 Å². The third-order valence-electron chi connectivity index (χ3n) is 3.71. The Kier molecular flexibility index (Phi) is 4.74. The van der Waals surface area contributed by atoms with Crippen LogP contribution in [0.1, 0.15) is 11.1 Å². The van der Waals surface area contributed by atoms with Crippen LogP contribution in [0.25, 0.3) is 10.6 Å². The van der Waals surface area contributed by atoms with Crippen molar-refractivity contribution < 1.29 is 0 Å². The van der Waals surface area contributed by atoms with Gasteiger partial charge in [0, 0.05) is 11.8 Å². The van der Waals surface area contributed by atoms with Crippen molar-refractivity contribution in [1.29, 1.82) is 0 Å². The lowest BCUT2D eigenvalue weighted by molar-refractivity contribution is 0.689. The molecule has 4 aromatic rings. The average molecular weight is 399 g/mol. The molecule has 130 valence electrons. The Balaban J connectivity index is 1.72. The first-order valence-corrected chi connectivity index (χ1v) is 9.49. The molecule has 0 amide bonds. The summed E-state index contributed by atoms with van der Waals surface area (Å²) in [6.07, 6.45) is 3.71. The second kappa shape index (κ2) is 7.32. The highest BCUT2D eigenvalue weighted by Crippen LogP contribution is 2.26. The maximum Gasteiger partial charge on any atom is 0.215 e. The number of benzene rings is 1. The number of nitrogens with zero attached hydrogens (tertiary/aromatic N) is 4. The summed E-state index contributed by atoms with van der Waals surface area (Å²) in [5.41, 5.74) is 2.98. The van der Waals surface area contributed by atoms with Crippen LogP contribution in [0.4, 0.5) is 0 Å². The van der Waals surface area contributed by atoms with Crippen LogP contribution in [0.3, 0.4) is 0 Å². The quantitative estimate of drug-likeness (QED) is 0.385. The zero-order valence-corrected chi connectivity index (χ0v) is 15.9. The molecule has 6 nitrogen and oxygen atoms in total. The molecule has 1 aromatic carbocycles. The highest BCUT2D eigenvalue weighted by Gasteiger charge is 2.11. The fourth-order valence-corrected chi connectivity index (χ4v) is 3.69. The summed E-state index contributed by atoms with van der Waals surface area (Å²) in [6, 6.07) is 14.3. The van der Waals surface area contributed by atoms with Crippen LogP contribution in [0, 0.1) is 9.54 Å². The van der Waals surface area contributed by atoms with Crippen molar-refractivity contribution in [1.82, 2.24) is 24.7 Å². The van der Waals surface area contributed by atoms with E-state index in [1.807, 2.05) is 46.6 Å². The van der Waals surface area contributed by atoms with E-state index in [0.717, 1.165) is 16.1 Å². The van der Waals surface area contributed by atoms with Gasteiger partial charge in [0.2, 0.25) is 9.54 Å². The molecule has 9 heteroatoms. The summed E-state index contributed by atoms with van der Waals surface area (Å²) in [7, 11) is 0. The molecule has 0 spiro atoms. The molecular formula is C17H14N6S3. The molecule has 0 saturated heterocycles. The first-order chi connectivity index (χ1) is 12.7. The van der Waals surface area contributed by atoms with Crippen LogP contribution in [0.2, 0.25) is 0 Å². The van der Waals surface area contributed by atoms with Gasteiger partial charge in [-0.1, -0.05) is 36.4 Å². The van der Waals surface area contributed by atoms with Crippen LogP contribution in [-0.4, -0.2) is 30.9 Å². The third-order valence-corrected chi connectivity index (χ3v) is 5.13. The van der Waals surface area contributed by atoms with E-state index >= 15 is 0 Å². The van der Waals surface area contributed by atoms with Gasteiger partial charge in [0.15, 0.2) is 0 Å². The van der Waals surface area contributed by atoms with Crippen LogP contribution in [0.15, 0.2) is 59.1 Å². The molecule has 0 radical (unpaired) electrons. The van der Waals surface area contributed by atoms with Crippen LogP contribution < -0.4 is 0 Å². The second-order valence-corrected chi connectivity index (χ2v) is 7.23. The van der Waals surface area contributed by atoms with Gasteiger partial charge in [0.05, 0.1) is 17.6 Å². The normalized spacial score (nSPS) is 11.4. The van der Waals surface area contributed by atoms with E-state index < -0.39 is 0 Å². The van der Waals surface area contributed by atoms with E-state index in [9.17, 15) is 0 Å². The molecule has 0 unspecified atom stereocenters. The fourth-order valence-electron chi connectivity index (χ4n) is 2.52. The van der Waals surface area contributed by atoms with E-state index in [1.165, 1.54) is 10.2 Å². The van der Waals surface area contributed by atoms with Crippen LogP contribution >= 0.6 is 35.8 Å². The van der Waals surface area contributed by atoms with Gasteiger partial charge < -0.3 is 0 Å². The Labute approximate surface area is 163 Å². The third kappa shape index (κ3) is 3.50. The maximum absolute atomic E-state index is 5.17. The molecule has 0 aliphatic heterocycles. The number of rotatable bonds is 5. The van der Waals surface area contributed by atoms with Crippen molar-refractivity contribution in [2.75, 3.05) is 0 Å². The zero-order chi connectivity index (χ0) is 17.9. The Morgan fingerprint density at radius 1 is 1.08 bits per heavy atom. The van der Waals surface area contributed by atoms with Crippen molar-refractivity contribution in [3.63, 3.8) is 0 Å². The molecule has 0 saturated carbocycles. The highest BCUT2D eigenvalue weighted by molar-refractivity contribution is 7.72. The first kappa shape index (κ1) is 16.8. The number of nitrogens with one attached hydrogen (secondary N) is 2. The molecule has 0 fully saturated rings. The molecule has 0 atom stereocenters. The molecule has 2 N–H and O–H groups in total. The van der Waals surface area contributed by atoms with E-state index in [-0.39, 0.29) is 0 Å². The first-order valence-electron chi connectivity index (χ1n) is 7.80. The second-order valence-electron chi connectivity index (χ2n) is 5.51. The molecule has 0 bridgehead atoms. The SMILES string of the molecule is S=c1[nH][nH]c(=S)n1/N=C\c1cn(Cc2ccccc2)nc1-c1cccs1. The molecule has 26 heavy (non-hydrogen) atoms. The van der Waals surface area contributed by atoms with Crippen molar-refractivity contribution in [2.24, 2.45) is 5.10 Å². The predicted molar refractivity (Wildman–Crippen MR) is 109 cm³/mol. The summed E-state index contributed by atoms with van der Waals surface area (Å²) in [5.74, 6) is 0. The topological polar surface area (TPSA) is 66.7 Å². The average Bonchev–Trinajstić information content (AvgIpc) is 3.36. The summed E-state index contributed by atoms with van der Waals surface area (Å²) in [5, 5.41) is 16.7. The number of H-pyrrole nitrogens is 2. The van der Waals surface area contributed by atoms with Crippen molar-refractivity contribution in [3.05, 3.63) is 74.7 Å². The lowest BCUT2D eigenvalue weighted by Crippen LogP contribution is -1.99. The number of aromatic amines is 2. The van der Waals surface area contributed by atoms with Crippen molar-refractivity contribution >= 4 is 42.0 Å². The van der Waals surface area contributed by atoms with Gasteiger partial charge in [-0.2, -0.15) is 14.9 Å². The lowest BCUT2D eigenvalue weighted by Gasteiger charge is -2.00. The monoisotopic (exact) mass is 398 g/mol. The van der Waals surface area contributed by atoms with Crippen LogP contribution in [0.5, 0.6) is 0 Å². The van der Waals surface area contributed by atoms with Crippen molar-refractivity contribution in [3.8, 4) is 10.6 Å². The zero-order valence-electron chi connectivity index (χ0n) is 13.5. The Morgan fingerprint density at radius 2 is 1.85 bits per heavy atom. The van der Waals surface area contributed by atoms with Gasteiger partial charge >= 0.3 is 0 Å². The summed E-state index contributed by atoms with van der Waals surface area (Å²) >= 11 is 12.0. The fraction of sp³-hybridized carbons (Fsp3) is 0.0588. The largest absolute Gasteiger partial charge is 0.273 e. The lowest BCUT2D eigenvalue weighted by atomic mass is 10.2. The van der Waals surface area contributed by atoms with Crippen molar-refractivity contribution in [2.45, 2.75) is 6.54 Å². The molecule has 0 aliphatic carbocycles. The minimum Gasteiger partial charge on any atom is -0.273 e. The molecule has 4 rings (SSSR count). The summed E-state index contributed by atoms with van der Waals surface area (Å²) < 4.78 is 4.22. The maximum atomic E-state index is 5.17. The standard InChI is InChI=1S/C17H14N6S3/c24-16-19-20-17(25)23(16)18-9-13-11-22(10-12-5-2-1-3-6-12)21-15(13)14-7-4-8-26-14/h1-9,11H,10H2,(H,19,24)(H,20,25)/b18-9-. The van der Waals surface area contributed by atoms with Gasteiger partial charge in [0.25, 0.3) is 0 Å². The van der Waals surface area contributed by atoms with Gasteiger partial charge in [-0.15, -0.1) is 11.3 Å². The summed E-state index contributed by atoms with van der Waals surface area (Å²) in [4.78, 5) is 1.08. The minimum atomic E-state index is 0.417. The number of hydrogen-bond donors (Lipinski definition) is 2. The van der Waals surface area contributed by atoms with Gasteiger partial charge in [-0.25, -0.2) is 0 Å². The number of thiophene rings is 1. The minimum absolute atomic E-state index is 0.417. The molecule has 3 heterocycles. The molecule has 3 aromatic heterocycles. The van der Waals surface area contributed by atoms with E-state index in [4.69, 9.17) is 29.5 Å². The van der Waals surface area contributed by atoms with E-state index in [2.05, 4.69) is 27.4 Å². The van der Waals surface area contributed by atoms with E-state index in [0.29, 0.717) is 16.1 Å². The van der Waals surface area contributed by atoms with E-state index in [1.54, 1.807) is 17.6 Å². The summed E-state index contributed by atoms with van der Waals surface area (Å²) in [6.45, 7) is 0.691. The van der Waals surface area contributed by atoms with Gasteiger partial charge in [0.1, 0.15) is 5.69 Å². The Bertz CT molecular complexity index is 1120. The number of aromatic nitrogens is 5. The predicted octanol–water partition coefficient (Wildman–Crippen LogP) is 4.46. The number of hydrogen-bond acceptors (Lipinski definition) is 5. The van der Waals surface area contributed by atoms with Gasteiger partial charge in [-0.3, -0.25) is 14.9 Å². The molecular weight excluding hydrogens is 384 g/mol. The smallest absolute Gasteiger partial charge is 0.215 e. The highest BCUT2D eigenvalue weighted by atomic mass is 32.1. The Hall–Kier alpha value is -2.62. The Morgan fingerprint density at radius 3 is 2.54 bits per heavy atom. The molecule has 0 aliphatic rings.